The van der Waals surface area contributed by atoms with Gasteiger partial charge in [0.2, 0.25) is 0 Å². The average molecular weight is 270 g/mol. The molecule has 2 N–H and O–H groups in total. The van der Waals surface area contributed by atoms with Gasteiger partial charge in [-0.05, 0) is 30.7 Å². The molecule has 0 aliphatic heterocycles. The normalized spacial score (nSPS) is 11.5. The van der Waals surface area contributed by atoms with Crippen molar-refractivity contribution in [3.8, 4) is 0 Å². The fourth-order valence-corrected chi connectivity index (χ4v) is 2.71. The van der Waals surface area contributed by atoms with Crippen LogP contribution in [0.2, 0.25) is 0 Å². The third-order valence-corrected chi connectivity index (χ3v) is 4.58. The minimum atomic E-state index is -3.11. The van der Waals surface area contributed by atoms with Gasteiger partial charge in [-0.1, -0.05) is 13.8 Å². The van der Waals surface area contributed by atoms with Crippen LogP contribution in [-0.4, -0.2) is 33.8 Å². The Labute approximate surface area is 110 Å². The Bertz CT molecular complexity index is 448. The summed E-state index contributed by atoms with van der Waals surface area (Å²) in [4.78, 5) is 2.56. The molecule has 0 aliphatic carbocycles. The average Bonchev–Trinajstić information content (AvgIpc) is 2.39. The first-order valence-corrected chi connectivity index (χ1v) is 7.98. The lowest BCUT2D eigenvalue weighted by Crippen LogP contribution is -2.30. The Balaban J connectivity index is 2.93. The Hall–Kier alpha value is -1.07. The number of hydrogen-bond acceptors (Lipinski definition) is 4. The third-order valence-electron chi connectivity index (χ3n) is 2.83. The van der Waals surface area contributed by atoms with Gasteiger partial charge in [-0.2, -0.15) is 0 Å². The standard InChI is InChI=1S/C13H22N2O2S/c1-3-10-15(11-9-14)12-5-7-13(8-6-12)18(16,17)4-2/h5-8H,3-4,9-11,14H2,1-2H3. The van der Waals surface area contributed by atoms with Crippen LogP contribution >= 0.6 is 0 Å². The Morgan fingerprint density at radius 2 is 1.72 bits per heavy atom. The number of anilines is 1. The number of hydrogen-bond donors (Lipinski definition) is 1. The van der Waals surface area contributed by atoms with Crippen LogP contribution in [0, 0.1) is 0 Å². The molecule has 1 rings (SSSR count). The quantitative estimate of drug-likeness (QED) is 0.818. The van der Waals surface area contributed by atoms with Crippen LogP contribution < -0.4 is 10.6 Å². The van der Waals surface area contributed by atoms with Crippen molar-refractivity contribution in [1.82, 2.24) is 0 Å². The zero-order chi connectivity index (χ0) is 13.6. The number of sulfone groups is 1. The Kier molecular flexibility index (Phi) is 5.62. The summed E-state index contributed by atoms with van der Waals surface area (Å²) >= 11 is 0. The van der Waals surface area contributed by atoms with Crippen molar-refractivity contribution in [2.75, 3.05) is 30.3 Å². The van der Waals surface area contributed by atoms with Crippen LogP contribution in [-0.2, 0) is 9.84 Å². The molecule has 1 aromatic carbocycles. The van der Waals surface area contributed by atoms with Crippen molar-refractivity contribution in [2.45, 2.75) is 25.2 Å². The van der Waals surface area contributed by atoms with Gasteiger partial charge in [0.25, 0.3) is 0 Å². The molecule has 0 aromatic heterocycles. The van der Waals surface area contributed by atoms with Crippen molar-refractivity contribution >= 4 is 15.5 Å². The lowest BCUT2D eigenvalue weighted by molar-refractivity contribution is 0.597. The summed E-state index contributed by atoms with van der Waals surface area (Å²) in [7, 11) is -3.11. The topological polar surface area (TPSA) is 63.4 Å². The molecule has 0 heterocycles. The molecule has 18 heavy (non-hydrogen) atoms. The van der Waals surface area contributed by atoms with Gasteiger partial charge in [-0.15, -0.1) is 0 Å². The van der Waals surface area contributed by atoms with Gasteiger partial charge in [0.15, 0.2) is 9.84 Å². The highest BCUT2D eigenvalue weighted by molar-refractivity contribution is 7.91. The largest absolute Gasteiger partial charge is 0.370 e. The molecular weight excluding hydrogens is 248 g/mol. The molecule has 0 radical (unpaired) electrons. The van der Waals surface area contributed by atoms with E-state index in [1.54, 1.807) is 19.1 Å². The number of nitrogens with zero attached hydrogens (tertiary/aromatic N) is 1. The second-order valence-electron chi connectivity index (χ2n) is 4.17. The van der Waals surface area contributed by atoms with E-state index in [1.807, 2.05) is 12.1 Å². The third kappa shape index (κ3) is 3.71. The van der Waals surface area contributed by atoms with Gasteiger partial charge in [0.1, 0.15) is 0 Å². The maximum atomic E-state index is 11.7. The fourth-order valence-electron chi connectivity index (χ4n) is 1.83. The summed E-state index contributed by atoms with van der Waals surface area (Å²) < 4.78 is 23.4. The van der Waals surface area contributed by atoms with Crippen molar-refractivity contribution in [2.24, 2.45) is 5.73 Å². The van der Waals surface area contributed by atoms with Gasteiger partial charge >= 0.3 is 0 Å². The minimum absolute atomic E-state index is 0.133. The smallest absolute Gasteiger partial charge is 0.178 e. The van der Waals surface area contributed by atoms with E-state index in [0.717, 1.165) is 25.2 Å². The zero-order valence-electron chi connectivity index (χ0n) is 11.1. The van der Waals surface area contributed by atoms with E-state index < -0.39 is 9.84 Å². The van der Waals surface area contributed by atoms with Crippen LogP contribution in [0.5, 0.6) is 0 Å². The van der Waals surface area contributed by atoms with E-state index in [1.165, 1.54) is 0 Å². The van der Waals surface area contributed by atoms with Crippen LogP contribution in [0.25, 0.3) is 0 Å². The Morgan fingerprint density at radius 3 is 2.17 bits per heavy atom. The predicted molar refractivity (Wildman–Crippen MR) is 75.7 cm³/mol. The van der Waals surface area contributed by atoms with E-state index in [-0.39, 0.29) is 5.75 Å². The maximum Gasteiger partial charge on any atom is 0.178 e. The van der Waals surface area contributed by atoms with Crippen LogP contribution in [0.3, 0.4) is 0 Å². The summed E-state index contributed by atoms with van der Waals surface area (Å²) in [5.41, 5.74) is 6.61. The summed E-state index contributed by atoms with van der Waals surface area (Å²) in [6.45, 7) is 6.07. The first-order valence-electron chi connectivity index (χ1n) is 6.33. The van der Waals surface area contributed by atoms with Gasteiger partial charge in [-0.3, -0.25) is 0 Å². The highest BCUT2D eigenvalue weighted by Crippen LogP contribution is 2.18. The molecular formula is C13H22N2O2S. The molecule has 4 nitrogen and oxygen atoms in total. The van der Waals surface area contributed by atoms with Gasteiger partial charge in [0.05, 0.1) is 10.6 Å². The number of nitrogens with two attached hydrogens (primary N) is 1. The first kappa shape index (κ1) is 15.0. The summed E-state index contributed by atoms with van der Waals surface area (Å²) in [6.07, 6.45) is 1.04. The first-order chi connectivity index (χ1) is 8.55. The molecule has 0 aliphatic rings. The van der Waals surface area contributed by atoms with Gasteiger partial charge < -0.3 is 10.6 Å². The van der Waals surface area contributed by atoms with Crippen molar-refractivity contribution in [3.05, 3.63) is 24.3 Å². The molecule has 0 atom stereocenters. The Morgan fingerprint density at radius 1 is 1.11 bits per heavy atom. The molecule has 5 heteroatoms. The maximum absolute atomic E-state index is 11.7. The fraction of sp³-hybridized carbons (Fsp3) is 0.538. The molecule has 0 amide bonds. The van der Waals surface area contributed by atoms with E-state index in [4.69, 9.17) is 5.73 Å². The van der Waals surface area contributed by atoms with Gasteiger partial charge in [-0.25, -0.2) is 8.42 Å². The molecule has 0 saturated carbocycles. The van der Waals surface area contributed by atoms with Crippen molar-refractivity contribution < 1.29 is 8.42 Å². The van der Waals surface area contributed by atoms with E-state index in [2.05, 4.69) is 11.8 Å². The van der Waals surface area contributed by atoms with E-state index in [0.29, 0.717) is 11.4 Å². The van der Waals surface area contributed by atoms with Crippen LogP contribution in [0.4, 0.5) is 5.69 Å². The predicted octanol–water partition coefficient (Wildman–Crippen LogP) is 1.66. The molecule has 0 fully saturated rings. The molecule has 1 aromatic rings. The molecule has 102 valence electrons. The number of benzene rings is 1. The second kappa shape index (κ2) is 6.75. The van der Waals surface area contributed by atoms with Crippen LogP contribution in [0.15, 0.2) is 29.2 Å². The lowest BCUT2D eigenvalue weighted by Gasteiger charge is -2.23. The molecule has 0 bridgehead atoms. The molecule has 0 unspecified atom stereocenters. The highest BCUT2D eigenvalue weighted by atomic mass is 32.2. The molecule has 0 saturated heterocycles. The highest BCUT2D eigenvalue weighted by Gasteiger charge is 2.12. The van der Waals surface area contributed by atoms with E-state index in [9.17, 15) is 8.42 Å². The zero-order valence-corrected chi connectivity index (χ0v) is 11.9. The van der Waals surface area contributed by atoms with E-state index >= 15 is 0 Å². The summed E-state index contributed by atoms with van der Waals surface area (Å²) in [5.74, 6) is 0.133. The van der Waals surface area contributed by atoms with Crippen molar-refractivity contribution in [1.29, 1.82) is 0 Å². The summed E-state index contributed by atoms with van der Waals surface area (Å²) in [5, 5.41) is 0. The van der Waals surface area contributed by atoms with Crippen molar-refractivity contribution in [3.63, 3.8) is 0 Å². The minimum Gasteiger partial charge on any atom is -0.370 e. The van der Waals surface area contributed by atoms with Crippen LogP contribution in [0.1, 0.15) is 20.3 Å². The summed E-state index contributed by atoms with van der Waals surface area (Å²) in [6, 6.07) is 7.06. The molecule has 0 spiro atoms. The SMILES string of the molecule is CCCN(CCN)c1ccc(S(=O)(=O)CC)cc1. The second-order valence-corrected chi connectivity index (χ2v) is 6.45. The number of rotatable bonds is 7. The van der Waals surface area contributed by atoms with Gasteiger partial charge in [0, 0.05) is 25.3 Å². The monoisotopic (exact) mass is 270 g/mol. The lowest BCUT2D eigenvalue weighted by atomic mass is 10.2.